The van der Waals surface area contributed by atoms with Crippen LogP contribution in [0.2, 0.25) is 5.02 Å². The number of carbonyl (C=O) groups is 2. The predicted molar refractivity (Wildman–Crippen MR) is 118 cm³/mol. The molecule has 0 saturated carbocycles. The van der Waals surface area contributed by atoms with E-state index in [0.29, 0.717) is 28.4 Å². The van der Waals surface area contributed by atoms with E-state index >= 15 is 0 Å². The molecule has 29 heavy (non-hydrogen) atoms. The van der Waals surface area contributed by atoms with E-state index in [2.05, 4.69) is 12.2 Å². The average Bonchev–Trinajstić information content (AvgIpc) is 2.72. The average molecular weight is 417 g/mol. The number of ether oxygens (including phenoxy) is 1. The summed E-state index contributed by atoms with van der Waals surface area (Å²) in [5, 5.41) is 3.16. The van der Waals surface area contributed by atoms with Gasteiger partial charge in [0.05, 0.1) is 17.3 Å². The topological polar surface area (TPSA) is 58.6 Å². The summed E-state index contributed by atoms with van der Waals surface area (Å²) in [5.74, 6) is 0.308. The molecule has 0 aliphatic rings. The predicted octanol–water partition coefficient (Wildman–Crippen LogP) is 5.64. The van der Waals surface area contributed by atoms with Gasteiger partial charge in [-0.05, 0) is 62.7 Å². The van der Waals surface area contributed by atoms with Crippen molar-refractivity contribution in [2.75, 3.05) is 19.0 Å². The fourth-order valence-electron chi connectivity index (χ4n) is 2.63. The van der Waals surface area contributed by atoms with Crippen LogP contribution in [-0.2, 0) is 0 Å². The lowest BCUT2D eigenvalue weighted by Crippen LogP contribution is -2.33. The number of amides is 2. The number of hydrogen-bond acceptors (Lipinski definition) is 3. The van der Waals surface area contributed by atoms with Crippen LogP contribution < -0.4 is 10.1 Å². The first-order valence-electron chi connectivity index (χ1n) is 9.94. The Hall–Kier alpha value is -2.53. The number of nitrogens with one attached hydrogen (secondary N) is 1. The maximum Gasteiger partial charge on any atom is 0.255 e. The summed E-state index contributed by atoms with van der Waals surface area (Å²) in [7, 11) is 1.74. The number of halogens is 1. The van der Waals surface area contributed by atoms with E-state index in [-0.39, 0.29) is 17.9 Å². The first-order valence-corrected chi connectivity index (χ1v) is 10.3. The van der Waals surface area contributed by atoms with E-state index in [1.165, 1.54) is 0 Å². The second-order valence-electron chi connectivity index (χ2n) is 7.24. The Balaban J connectivity index is 2.06. The van der Waals surface area contributed by atoms with Crippen molar-refractivity contribution in [3.8, 4) is 5.75 Å². The second-order valence-corrected chi connectivity index (χ2v) is 7.65. The first-order chi connectivity index (χ1) is 13.8. The fourth-order valence-corrected chi connectivity index (χ4v) is 2.80. The molecule has 0 aliphatic carbocycles. The van der Waals surface area contributed by atoms with Crippen LogP contribution >= 0.6 is 11.6 Å². The van der Waals surface area contributed by atoms with Crippen molar-refractivity contribution in [1.29, 1.82) is 0 Å². The highest BCUT2D eigenvalue weighted by Gasteiger charge is 2.17. The molecule has 2 rings (SSSR count). The minimum atomic E-state index is -0.300. The molecule has 5 nitrogen and oxygen atoms in total. The molecule has 0 heterocycles. The molecule has 0 aliphatic heterocycles. The van der Waals surface area contributed by atoms with E-state index in [1.807, 2.05) is 13.8 Å². The minimum absolute atomic E-state index is 0.0684. The highest BCUT2D eigenvalue weighted by Crippen LogP contribution is 2.25. The van der Waals surface area contributed by atoms with Crippen molar-refractivity contribution in [2.24, 2.45) is 0 Å². The Kier molecular flexibility index (Phi) is 8.52. The van der Waals surface area contributed by atoms with Gasteiger partial charge in [-0.25, -0.2) is 0 Å². The van der Waals surface area contributed by atoms with Crippen molar-refractivity contribution >= 4 is 29.1 Å². The normalized spacial score (nSPS) is 10.7. The standard InChI is InChI=1S/C23H29ClN2O3/c1-5-6-7-14-29-19-11-8-17(9-12-19)22(27)25-21-15-18(10-13-20(21)24)23(28)26(4)16(2)3/h8-13,15-16H,5-7,14H2,1-4H3,(H,25,27). The SMILES string of the molecule is CCCCCOc1ccc(C(=O)Nc2cc(C(=O)N(C)C(C)C)ccc2Cl)cc1. The van der Waals surface area contributed by atoms with Crippen molar-refractivity contribution in [3.63, 3.8) is 0 Å². The number of unbranched alkanes of at least 4 members (excludes halogenated alkanes) is 2. The molecule has 156 valence electrons. The fraction of sp³-hybridized carbons (Fsp3) is 0.391. The second kappa shape index (κ2) is 10.9. The van der Waals surface area contributed by atoms with Crippen LogP contribution in [0.3, 0.4) is 0 Å². The van der Waals surface area contributed by atoms with Crippen LogP contribution in [0.15, 0.2) is 42.5 Å². The van der Waals surface area contributed by atoms with Gasteiger partial charge in [0, 0.05) is 24.2 Å². The monoisotopic (exact) mass is 416 g/mol. The van der Waals surface area contributed by atoms with Crippen LogP contribution in [0, 0.1) is 0 Å². The molecular formula is C23H29ClN2O3. The highest BCUT2D eigenvalue weighted by atomic mass is 35.5. The van der Waals surface area contributed by atoms with Gasteiger partial charge < -0.3 is 15.0 Å². The minimum Gasteiger partial charge on any atom is -0.494 e. The van der Waals surface area contributed by atoms with Gasteiger partial charge in [0.1, 0.15) is 5.75 Å². The Labute approximate surface area is 178 Å². The van der Waals surface area contributed by atoms with E-state index in [4.69, 9.17) is 16.3 Å². The molecule has 1 N–H and O–H groups in total. The molecule has 0 atom stereocenters. The quantitative estimate of drug-likeness (QED) is 0.538. The van der Waals surface area contributed by atoms with E-state index in [9.17, 15) is 9.59 Å². The van der Waals surface area contributed by atoms with Gasteiger partial charge in [0.15, 0.2) is 0 Å². The molecule has 0 aromatic heterocycles. The molecule has 2 amide bonds. The summed E-state index contributed by atoms with van der Waals surface area (Å²) >= 11 is 6.22. The van der Waals surface area contributed by atoms with Crippen LogP contribution in [-0.4, -0.2) is 36.4 Å². The maximum atomic E-state index is 12.6. The van der Waals surface area contributed by atoms with Gasteiger partial charge in [-0.15, -0.1) is 0 Å². The third-order valence-electron chi connectivity index (χ3n) is 4.69. The zero-order valence-electron chi connectivity index (χ0n) is 17.5. The lowest BCUT2D eigenvalue weighted by atomic mass is 10.1. The summed E-state index contributed by atoms with van der Waals surface area (Å²) in [6.07, 6.45) is 3.29. The van der Waals surface area contributed by atoms with Gasteiger partial charge in [-0.2, -0.15) is 0 Å². The zero-order chi connectivity index (χ0) is 21.4. The van der Waals surface area contributed by atoms with Gasteiger partial charge in [0.2, 0.25) is 0 Å². The number of hydrogen-bond donors (Lipinski definition) is 1. The first kappa shape index (κ1) is 22.8. The van der Waals surface area contributed by atoms with Crippen molar-refractivity contribution in [3.05, 3.63) is 58.6 Å². The number of carbonyl (C=O) groups excluding carboxylic acids is 2. The maximum absolute atomic E-state index is 12.6. The largest absolute Gasteiger partial charge is 0.494 e. The molecule has 6 heteroatoms. The van der Waals surface area contributed by atoms with Crippen LogP contribution in [0.4, 0.5) is 5.69 Å². The molecule has 0 bridgehead atoms. The summed E-state index contributed by atoms with van der Waals surface area (Å²) in [6.45, 7) is 6.69. The highest BCUT2D eigenvalue weighted by molar-refractivity contribution is 6.34. The number of nitrogens with zero attached hydrogens (tertiary/aromatic N) is 1. The lowest BCUT2D eigenvalue weighted by molar-refractivity contribution is 0.0754. The molecule has 0 unspecified atom stereocenters. The molecule has 0 radical (unpaired) electrons. The Bertz CT molecular complexity index is 835. The number of rotatable bonds is 9. The summed E-state index contributed by atoms with van der Waals surface area (Å²) in [5.41, 5.74) is 1.36. The summed E-state index contributed by atoms with van der Waals surface area (Å²) in [6, 6.07) is 11.9. The molecule has 2 aromatic carbocycles. The van der Waals surface area contributed by atoms with Crippen LogP contribution in [0.25, 0.3) is 0 Å². The molecule has 0 fully saturated rings. The lowest BCUT2D eigenvalue weighted by Gasteiger charge is -2.22. The van der Waals surface area contributed by atoms with E-state index < -0.39 is 0 Å². The molecular weight excluding hydrogens is 388 g/mol. The van der Waals surface area contributed by atoms with Gasteiger partial charge >= 0.3 is 0 Å². The Morgan fingerprint density at radius 1 is 1.07 bits per heavy atom. The number of anilines is 1. The zero-order valence-corrected chi connectivity index (χ0v) is 18.3. The molecule has 2 aromatic rings. The Morgan fingerprint density at radius 3 is 2.34 bits per heavy atom. The van der Waals surface area contributed by atoms with E-state index in [0.717, 1.165) is 25.0 Å². The smallest absolute Gasteiger partial charge is 0.255 e. The van der Waals surface area contributed by atoms with Gasteiger partial charge in [-0.3, -0.25) is 9.59 Å². The van der Waals surface area contributed by atoms with E-state index in [1.54, 1.807) is 54.4 Å². The third kappa shape index (κ3) is 6.50. The molecule has 0 saturated heterocycles. The summed E-state index contributed by atoms with van der Waals surface area (Å²) in [4.78, 5) is 26.8. The van der Waals surface area contributed by atoms with Crippen molar-refractivity contribution in [1.82, 2.24) is 4.90 Å². The Morgan fingerprint density at radius 2 is 1.72 bits per heavy atom. The van der Waals surface area contributed by atoms with Crippen LogP contribution in [0.1, 0.15) is 60.7 Å². The van der Waals surface area contributed by atoms with Gasteiger partial charge in [-0.1, -0.05) is 31.4 Å². The third-order valence-corrected chi connectivity index (χ3v) is 5.02. The van der Waals surface area contributed by atoms with Crippen molar-refractivity contribution < 1.29 is 14.3 Å². The van der Waals surface area contributed by atoms with Crippen molar-refractivity contribution in [2.45, 2.75) is 46.1 Å². The van der Waals surface area contributed by atoms with Crippen LogP contribution in [0.5, 0.6) is 5.75 Å². The van der Waals surface area contributed by atoms with Gasteiger partial charge in [0.25, 0.3) is 11.8 Å². The number of benzene rings is 2. The summed E-state index contributed by atoms with van der Waals surface area (Å²) < 4.78 is 5.67. The molecule has 0 spiro atoms.